The second-order valence-electron chi connectivity index (χ2n) is 5.98. The molecule has 0 unspecified atom stereocenters. The van der Waals surface area contributed by atoms with Crippen LogP contribution in [0.25, 0.3) is 10.9 Å². The maximum absolute atomic E-state index is 12.3. The highest BCUT2D eigenvalue weighted by atomic mass is 35.5. The summed E-state index contributed by atoms with van der Waals surface area (Å²) in [6.07, 6.45) is 0.0703. The van der Waals surface area contributed by atoms with Crippen molar-refractivity contribution in [3.05, 3.63) is 45.2 Å². The van der Waals surface area contributed by atoms with Gasteiger partial charge in [0.05, 0.1) is 23.0 Å². The monoisotopic (exact) mass is 362 g/mol. The smallest absolute Gasteiger partial charge is 0.237 e. The topological polar surface area (TPSA) is 94.3 Å². The minimum Gasteiger partial charge on any atom is -0.359 e. The quantitative estimate of drug-likeness (QED) is 0.743. The number of nitrogens with zero attached hydrogens (tertiary/aromatic N) is 1. The van der Waals surface area contributed by atoms with Gasteiger partial charge in [0.15, 0.2) is 5.43 Å². The molecule has 25 heavy (non-hydrogen) atoms. The van der Waals surface area contributed by atoms with Crippen molar-refractivity contribution in [1.29, 1.82) is 0 Å². The summed E-state index contributed by atoms with van der Waals surface area (Å²) in [6.45, 7) is 1.45. The maximum atomic E-state index is 12.3. The Kier molecular flexibility index (Phi) is 5.06. The van der Waals surface area contributed by atoms with Crippen molar-refractivity contribution in [3.63, 3.8) is 0 Å². The van der Waals surface area contributed by atoms with E-state index in [2.05, 4.69) is 15.6 Å². The summed E-state index contributed by atoms with van der Waals surface area (Å²) in [6, 6.07) is 6.11. The highest BCUT2D eigenvalue weighted by Crippen LogP contribution is 2.20. The molecule has 2 amide bonds. The number of rotatable bonds is 4. The van der Waals surface area contributed by atoms with Gasteiger partial charge in [-0.2, -0.15) is 0 Å². The SMILES string of the molecule is CNC(=O)C[C@@H]1C(=O)NCCN1Cc1cc(=O)c2cccc(Cl)c2[nH]1. The first-order chi connectivity index (χ1) is 12.0. The van der Waals surface area contributed by atoms with Crippen molar-refractivity contribution in [2.24, 2.45) is 0 Å². The van der Waals surface area contributed by atoms with E-state index in [9.17, 15) is 14.4 Å². The number of benzene rings is 1. The Morgan fingerprint density at radius 2 is 2.20 bits per heavy atom. The third kappa shape index (κ3) is 3.67. The molecule has 1 fully saturated rings. The normalized spacial score (nSPS) is 18.2. The number of piperazine rings is 1. The molecule has 1 aliphatic heterocycles. The van der Waals surface area contributed by atoms with E-state index in [1.54, 1.807) is 18.2 Å². The molecule has 3 rings (SSSR count). The van der Waals surface area contributed by atoms with E-state index in [4.69, 9.17) is 11.6 Å². The molecule has 0 saturated carbocycles. The fourth-order valence-electron chi connectivity index (χ4n) is 3.04. The van der Waals surface area contributed by atoms with E-state index < -0.39 is 6.04 Å². The Morgan fingerprint density at radius 1 is 1.40 bits per heavy atom. The van der Waals surface area contributed by atoms with E-state index in [0.717, 1.165) is 0 Å². The van der Waals surface area contributed by atoms with E-state index in [-0.39, 0.29) is 23.7 Å². The fourth-order valence-corrected chi connectivity index (χ4v) is 3.27. The average molecular weight is 363 g/mol. The molecule has 1 atom stereocenters. The lowest BCUT2D eigenvalue weighted by atomic mass is 10.1. The van der Waals surface area contributed by atoms with Crippen LogP contribution in [0.5, 0.6) is 0 Å². The number of pyridine rings is 1. The highest BCUT2D eigenvalue weighted by Gasteiger charge is 2.31. The molecule has 7 nitrogen and oxygen atoms in total. The number of aromatic nitrogens is 1. The molecule has 0 radical (unpaired) electrons. The van der Waals surface area contributed by atoms with E-state index in [1.165, 1.54) is 13.1 Å². The number of nitrogens with one attached hydrogen (secondary N) is 3. The van der Waals surface area contributed by atoms with Gasteiger partial charge in [0, 0.05) is 43.8 Å². The molecule has 2 aromatic rings. The summed E-state index contributed by atoms with van der Waals surface area (Å²) in [5.41, 5.74) is 1.11. The zero-order valence-corrected chi connectivity index (χ0v) is 14.5. The van der Waals surface area contributed by atoms with Gasteiger partial charge in [-0.1, -0.05) is 17.7 Å². The maximum Gasteiger partial charge on any atom is 0.237 e. The van der Waals surface area contributed by atoms with Crippen molar-refractivity contribution in [3.8, 4) is 0 Å². The number of halogens is 1. The Labute approximate surface area is 149 Å². The third-order valence-electron chi connectivity index (χ3n) is 4.34. The van der Waals surface area contributed by atoms with Gasteiger partial charge in [-0.05, 0) is 12.1 Å². The number of H-pyrrole nitrogens is 1. The molecular weight excluding hydrogens is 344 g/mol. The molecule has 3 N–H and O–H groups in total. The van der Waals surface area contributed by atoms with Gasteiger partial charge in [0.1, 0.15) is 0 Å². The molecule has 132 valence electrons. The summed E-state index contributed by atoms with van der Waals surface area (Å²) in [7, 11) is 1.54. The van der Waals surface area contributed by atoms with E-state index >= 15 is 0 Å². The van der Waals surface area contributed by atoms with Gasteiger partial charge in [-0.15, -0.1) is 0 Å². The molecule has 2 heterocycles. The Balaban J connectivity index is 1.90. The number of fused-ring (bicyclic) bond motifs is 1. The largest absolute Gasteiger partial charge is 0.359 e. The minimum atomic E-state index is -0.570. The molecule has 0 spiro atoms. The first kappa shape index (κ1) is 17.4. The summed E-state index contributed by atoms with van der Waals surface area (Å²) in [5, 5.41) is 6.30. The fraction of sp³-hybridized carbons (Fsp3) is 0.353. The number of hydrogen-bond acceptors (Lipinski definition) is 4. The minimum absolute atomic E-state index is 0.0703. The van der Waals surface area contributed by atoms with Crippen molar-refractivity contribution >= 4 is 34.3 Å². The predicted molar refractivity (Wildman–Crippen MR) is 95.5 cm³/mol. The van der Waals surface area contributed by atoms with E-state index in [1.807, 2.05) is 4.90 Å². The number of carbonyl (C=O) groups excluding carboxylic acids is 2. The van der Waals surface area contributed by atoms with Crippen molar-refractivity contribution < 1.29 is 9.59 Å². The zero-order valence-electron chi connectivity index (χ0n) is 13.8. The summed E-state index contributed by atoms with van der Waals surface area (Å²) in [4.78, 5) is 41.3. The second-order valence-corrected chi connectivity index (χ2v) is 6.38. The van der Waals surface area contributed by atoms with Gasteiger partial charge >= 0.3 is 0 Å². The molecular formula is C17H19ClN4O3. The Morgan fingerprint density at radius 3 is 2.96 bits per heavy atom. The van der Waals surface area contributed by atoms with Gasteiger partial charge in [0.25, 0.3) is 0 Å². The van der Waals surface area contributed by atoms with Crippen LogP contribution < -0.4 is 16.1 Å². The Bertz CT molecular complexity index is 880. The van der Waals surface area contributed by atoms with Crippen LogP contribution in [-0.4, -0.2) is 47.9 Å². The molecule has 8 heteroatoms. The highest BCUT2D eigenvalue weighted by molar-refractivity contribution is 6.35. The van der Waals surface area contributed by atoms with Crippen LogP contribution in [0.1, 0.15) is 12.1 Å². The molecule has 1 saturated heterocycles. The number of hydrogen-bond donors (Lipinski definition) is 3. The van der Waals surface area contributed by atoms with Crippen molar-refractivity contribution in [2.45, 2.75) is 19.0 Å². The van der Waals surface area contributed by atoms with Crippen LogP contribution in [0.4, 0.5) is 0 Å². The van der Waals surface area contributed by atoms with Gasteiger partial charge in [0.2, 0.25) is 11.8 Å². The van der Waals surface area contributed by atoms with Crippen molar-refractivity contribution in [1.82, 2.24) is 20.5 Å². The number of amides is 2. The van der Waals surface area contributed by atoms with Gasteiger partial charge in [-0.25, -0.2) is 0 Å². The predicted octanol–water partition coefficient (Wildman–Crippen LogP) is 0.618. The lowest BCUT2D eigenvalue weighted by Crippen LogP contribution is -2.56. The van der Waals surface area contributed by atoms with E-state index in [0.29, 0.717) is 41.3 Å². The molecule has 1 aromatic heterocycles. The van der Waals surface area contributed by atoms with Crippen molar-refractivity contribution in [2.75, 3.05) is 20.1 Å². The molecule has 0 bridgehead atoms. The van der Waals surface area contributed by atoms with Crippen LogP contribution in [0, 0.1) is 0 Å². The van der Waals surface area contributed by atoms with Crippen LogP contribution in [0.3, 0.4) is 0 Å². The molecule has 1 aromatic carbocycles. The third-order valence-corrected chi connectivity index (χ3v) is 4.66. The standard InChI is InChI=1S/C17H19ClN4O3/c1-19-15(24)8-13-17(25)20-5-6-22(13)9-10-7-14(23)11-3-2-4-12(18)16(11)21-10/h2-4,7,13H,5-6,8-9H2,1H3,(H,19,24)(H,20,25)(H,21,23)/t13-/m1/s1. The van der Waals surface area contributed by atoms with Gasteiger partial charge in [-0.3, -0.25) is 19.3 Å². The average Bonchev–Trinajstić information content (AvgIpc) is 2.59. The number of para-hydroxylation sites is 1. The Hall–Kier alpha value is -2.38. The van der Waals surface area contributed by atoms with Crippen LogP contribution in [0.15, 0.2) is 29.1 Å². The second kappa shape index (κ2) is 7.25. The van der Waals surface area contributed by atoms with Crippen LogP contribution >= 0.6 is 11.6 Å². The number of aromatic amines is 1. The van der Waals surface area contributed by atoms with Crippen LogP contribution in [0.2, 0.25) is 5.02 Å². The summed E-state index contributed by atoms with van der Waals surface area (Å²) >= 11 is 6.18. The first-order valence-electron chi connectivity index (χ1n) is 8.02. The van der Waals surface area contributed by atoms with Gasteiger partial charge < -0.3 is 15.6 Å². The first-order valence-corrected chi connectivity index (χ1v) is 8.40. The lowest BCUT2D eigenvalue weighted by Gasteiger charge is -2.34. The number of carbonyl (C=O) groups is 2. The summed E-state index contributed by atoms with van der Waals surface area (Å²) in [5.74, 6) is -0.391. The summed E-state index contributed by atoms with van der Waals surface area (Å²) < 4.78 is 0. The molecule has 0 aliphatic carbocycles. The van der Waals surface area contributed by atoms with Crippen LogP contribution in [-0.2, 0) is 16.1 Å². The lowest BCUT2D eigenvalue weighted by molar-refractivity contribution is -0.134. The molecule has 1 aliphatic rings. The zero-order chi connectivity index (χ0) is 18.0.